The third-order valence-corrected chi connectivity index (χ3v) is 43.4. The summed E-state index contributed by atoms with van der Waals surface area (Å²) in [5.74, 6) is 14.8. The number of fused-ring (bicyclic) bond motifs is 20. The summed E-state index contributed by atoms with van der Waals surface area (Å²) in [5, 5.41) is 64.2. The van der Waals surface area contributed by atoms with Crippen molar-refractivity contribution in [1.29, 1.82) is 0 Å². The summed E-state index contributed by atoms with van der Waals surface area (Å²) in [5.41, 5.74) is 1.17. The van der Waals surface area contributed by atoms with Gasteiger partial charge in [0.05, 0.1) is 66.8 Å². The zero-order valence-electron chi connectivity index (χ0n) is 77.2. The minimum atomic E-state index is -1.00. The first kappa shape index (κ1) is 93.7. The topological polar surface area (TPSA) is 228 Å². The van der Waals surface area contributed by atoms with Gasteiger partial charge in [-0.25, -0.2) is 0 Å². The van der Waals surface area contributed by atoms with Gasteiger partial charge in [-0.3, -0.25) is 14.0 Å². The van der Waals surface area contributed by atoms with Crippen LogP contribution in [0.2, 0.25) is 0 Å². The molecule has 17 aliphatic carbocycles. The number of alkyl halides is 1. The molecule has 15 heteroatoms. The molecule has 0 aromatic rings. The van der Waals surface area contributed by atoms with Crippen LogP contribution in [0.1, 0.15) is 382 Å². The van der Waals surface area contributed by atoms with E-state index in [1.54, 1.807) is 0 Å². The second kappa shape index (κ2) is 35.8. The number of aliphatic hydroxyl groups is 5. The Balaban J connectivity index is 0.000000148. The largest absolute Gasteiger partial charge is 1.00 e. The summed E-state index contributed by atoms with van der Waals surface area (Å²) >= 11 is -0.417. The van der Waals surface area contributed by atoms with E-state index in [1.165, 1.54) is 187 Å². The van der Waals surface area contributed by atoms with Crippen LogP contribution in [0.3, 0.4) is 0 Å². The summed E-state index contributed by atoms with van der Waals surface area (Å²) in [6.07, 6.45) is 51.3. The molecule has 115 heavy (non-hydrogen) atoms. The zero-order chi connectivity index (χ0) is 84.0. The molecule has 0 bridgehead atoms. The average molecular weight is 1640 g/mol. The van der Waals surface area contributed by atoms with Crippen molar-refractivity contribution >= 4 is 18.2 Å². The number of carbonyl (C=O) groups excluding carboxylic acids is 2. The maximum Gasteiger partial charge on any atom is 1.00 e. The number of carboxylic acids is 1. The number of aliphatic carboxylic acids is 1. The van der Waals surface area contributed by atoms with E-state index in [-0.39, 0.29) is 69.9 Å². The number of aldehydes is 1. The Bertz CT molecular complexity index is 3310. The van der Waals surface area contributed by atoms with Crippen LogP contribution in [0.15, 0.2) is 0 Å². The number of rotatable bonds is 12. The smallest absolute Gasteiger partial charge is 0.544 e. The third kappa shape index (κ3) is 16.7. The van der Waals surface area contributed by atoms with Crippen LogP contribution in [0.25, 0.3) is 0 Å². The number of methoxy groups -OCH3 is 1. The number of carbonyl (C=O) groups is 3. The number of esters is 1. The molecule has 0 unspecified atom stereocenters. The van der Waals surface area contributed by atoms with Gasteiger partial charge in [0, 0.05) is 5.92 Å². The molecule has 0 heterocycles. The molecule has 12 nitrogen and oxygen atoms in total. The second-order valence-corrected chi connectivity index (χ2v) is 46.7. The van der Waals surface area contributed by atoms with Gasteiger partial charge >= 0.3 is 41.5 Å². The Labute approximate surface area is 727 Å². The predicted molar refractivity (Wildman–Crippen MR) is 445 cm³/mol. The van der Waals surface area contributed by atoms with Gasteiger partial charge in [0.25, 0.3) is 0 Å². The number of carboxylic acid groups (broad SMARTS) is 1. The third-order valence-electron chi connectivity index (χ3n) is 43.4. The monoisotopic (exact) mass is 1640 g/mol. The fraction of sp³-hybridized carbons (Fsp3) is 0.970. The summed E-state index contributed by atoms with van der Waals surface area (Å²) in [4.78, 5) is 35.5. The van der Waals surface area contributed by atoms with E-state index in [1.807, 2.05) is 6.92 Å². The summed E-state index contributed by atoms with van der Waals surface area (Å²) < 4.78 is 37.1. The molecule has 0 spiro atoms. The molecule has 0 aromatic heterocycles. The molecule has 0 saturated heterocycles. The summed E-state index contributed by atoms with van der Waals surface area (Å²) in [6, 6.07) is 0. The van der Waals surface area contributed by atoms with Crippen LogP contribution in [0, 0.1) is 197 Å². The van der Waals surface area contributed by atoms with Crippen molar-refractivity contribution in [3.8, 4) is 0 Å². The molecule has 17 aliphatic rings. The van der Waals surface area contributed by atoms with Gasteiger partial charge in [-0.15, -0.1) is 0 Å². The molecule has 0 aliphatic heterocycles. The first-order valence-corrected chi connectivity index (χ1v) is 48.8. The van der Waals surface area contributed by atoms with Crippen LogP contribution >= 0.6 is 0 Å². The predicted octanol–water partition coefficient (Wildman–Crippen LogP) is 17.9. The van der Waals surface area contributed by atoms with Crippen LogP contribution < -0.4 is 38.9 Å². The first-order valence-electron chi connectivity index (χ1n) is 48.9. The first-order chi connectivity index (χ1) is 54.1. The van der Waals surface area contributed by atoms with Gasteiger partial charge in [-0.1, -0.05) is 111 Å². The molecule has 0 radical (unpaired) electrons. The number of hydrogen-bond acceptors (Lipinski definition) is 11. The van der Waals surface area contributed by atoms with E-state index in [0.717, 1.165) is 179 Å². The van der Waals surface area contributed by atoms with Crippen molar-refractivity contribution in [2.45, 2.75) is 408 Å². The molecule has 0 amide bonds. The number of halogens is 2. The van der Waals surface area contributed by atoms with E-state index >= 15 is 0 Å². The molecule has 36 atom stereocenters. The molecule has 17 saturated carbocycles. The van der Waals surface area contributed by atoms with Crippen molar-refractivity contribution in [3.05, 3.63) is 0 Å². The zero-order valence-corrected chi connectivity index (χ0v) is 79.0. The van der Waals surface area contributed by atoms with E-state index in [4.69, 9.17) is 15.4 Å². The summed E-state index contributed by atoms with van der Waals surface area (Å²) in [6.45, 7) is 37.5. The minimum absolute atomic E-state index is 0. The van der Waals surface area contributed by atoms with Crippen molar-refractivity contribution in [1.82, 2.24) is 0 Å². The molecular weight excluding hydrogens is 1470 g/mol. The Morgan fingerprint density at radius 3 is 0.922 bits per heavy atom. The van der Waals surface area contributed by atoms with Crippen molar-refractivity contribution in [2.75, 3.05) is 14.3 Å². The molecule has 0 aromatic carbocycles. The maximum absolute atomic E-state index is 12.3. The van der Waals surface area contributed by atoms with Crippen LogP contribution in [-0.2, 0) is 19.1 Å². The second-order valence-electron chi connectivity index (χ2n) is 46.6. The van der Waals surface area contributed by atoms with Gasteiger partial charge in [0.1, 0.15) is 6.29 Å². The Morgan fingerprint density at radius 2 is 0.661 bits per heavy atom. The fourth-order valence-electron chi connectivity index (χ4n) is 35.6. The average Bonchev–Trinajstić information content (AvgIpc) is 1.45. The van der Waals surface area contributed by atoms with Crippen molar-refractivity contribution in [2.24, 2.45) is 185 Å². The van der Waals surface area contributed by atoms with Crippen LogP contribution in [-0.4, -0.2) is 91.1 Å². The van der Waals surface area contributed by atoms with Gasteiger partial charge < -0.3 is 49.5 Å². The van der Waals surface area contributed by atoms with E-state index < -0.39 is 41.3 Å². The van der Waals surface area contributed by atoms with Gasteiger partial charge in [0.2, 0.25) is 0 Å². The summed E-state index contributed by atoms with van der Waals surface area (Å²) in [7, 11) is 0.535. The maximum atomic E-state index is 12.3. The van der Waals surface area contributed by atoms with Gasteiger partial charge in [0.15, 0.2) is 0 Å². The Hall–Kier alpha value is -0.450. The van der Waals surface area contributed by atoms with Crippen molar-refractivity contribution in [3.63, 3.8) is 0 Å². The Kier molecular flexibility index (Phi) is 29.1. The fourth-order valence-corrected chi connectivity index (χ4v) is 35.6. The van der Waals surface area contributed by atoms with E-state index in [9.17, 15) is 49.4 Å². The molecule has 17 rings (SSSR count). The van der Waals surface area contributed by atoms with Gasteiger partial charge in [-0.05, 0) is 437 Å². The standard InChI is InChI=1S/C26H44O2.C25H42O3.C24H40O3.C24H40O2.CH3F.ClO2.Na/c1-5-25(27)13-12-23(3)18(16-25)6-7-19-21-9-8-20(17(2)26(28)14-15-26)24(21,4)11-10-22(19)23;1-6-25(27)14-13-23(3)17(15-25)7-8-18-20-10-9-19(16(2)22(26)28-5)24(20,4)12-11-21(18)23;1-5-24(27)13-12-22(3)16(14-24)6-7-17-19-9-8-18(15(2)21(25)26)23(19,4)11-10-20(17)22;1-5-24(26)13-12-22(3)17(14-24)6-7-18-20-9-8-19(16(2)15-25)23(20,4)11-10-21(18)22;1-2;2-1-3;/h17-22,27-28H,5-16H2,1-4H3;16-21,27H,6-15H2,1-5H3;15-20,27H,5-14H2,1-4H3,(H,25,26);15-21,26H,5-14H2,1-4H3;1H3;;/q;;;;;-1;+1/t17-,18-,19-,20+,21-,22-,23-,24+,25-;16-,17-,18-,19+,20-,21-,23-,24+,25-;15-,16-,17-,18+,19-,20-,22-,23+,24-;16-,17+,18+,19-,20+,21+,22+,23-,24+;;;/m0001.../s1/i;;;;1D;;. The molecule has 656 valence electrons. The quantitative estimate of drug-likeness (QED) is 0.0609. The number of hydrogen-bond donors (Lipinski definition) is 6. The van der Waals surface area contributed by atoms with Crippen molar-refractivity contribution < 1.29 is 106 Å². The SMILES string of the molecule is CC[C@]1(O)CC[C@@]2(C)[C@@H](CC[C@@H]3[C@@H]2CC[C@]2(C)[C@@H]([C@H](C)C(=O)O)CC[C@@H]32)C1.CC[C@]1(O)CC[C@@]2(C)[C@@H](CC[C@@H]3[C@@H]2CC[C@]2(C)[C@@H]([C@H](C)C(=O)OC)CC[C@@H]32)C1.CC[C@]1(O)CC[C@@]2(C)[C@@H](CC[C@@H]3[C@@H]2CC[C@]2(C)[C@@H]([C@H](C)C4(O)CC4)CC[C@@H]32)C1.CC[C@]1(O)CC[C@@]2(C)[C@@H](CC[C@@H]3[C@@H]2CC[C@]2(C)[C@@H]([C@H](C)C=O)CC[C@@H]32)C1.[2H]CF.[Na+].[O-][Cl+][O-]. The molecule has 6 N–H and O–H groups in total. The molecule has 17 fully saturated rings. The van der Waals surface area contributed by atoms with E-state index in [0.29, 0.717) is 79.3 Å². The van der Waals surface area contributed by atoms with Gasteiger partial charge in [-0.2, -0.15) is 0 Å². The van der Waals surface area contributed by atoms with Crippen LogP contribution in [0.4, 0.5) is 4.39 Å². The van der Waals surface area contributed by atoms with Crippen LogP contribution in [0.5, 0.6) is 0 Å². The molecular formula is C100H169ClFNaO12. The Morgan fingerprint density at radius 1 is 0.409 bits per heavy atom. The number of ether oxygens (including phenoxy) is 1. The minimum Gasteiger partial charge on any atom is -0.544 e. The normalized spacial score (nSPS) is 51.3. The van der Waals surface area contributed by atoms with E-state index in [2.05, 4.69) is 104 Å².